The molecule has 4 fully saturated rings. The van der Waals surface area contributed by atoms with Crippen molar-refractivity contribution in [3.05, 3.63) is 12.2 Å². The van der Waals surface area contributed by atoms with Crippen LogP contribution in [0.15, 0.2) is 12.2 Å². The summed E-state index contributed by atoms with van der Waals surface area (Å²) in [5, 5.41) is 0. The van der Waals surface area contributed by atoms with Gasteiger partial charge in [-0.05, 0) is 6.42 Å². The Bertz CT molecular complexity index is 309. The van der Waals surface area contributed by atoms with Crippen LogP contribution in [0.2, 0.25) is 0 Å². The van der Waals surface area contributed by atoms with Gasteiger partial charge in [-0.1, -0.05) is 12.2 Å². The third-order valence-electron chi connectivity index (χ3n) is 4.78. The van der Waals surface area contributed by atoms with Gasteiger partial charge in [0.1, 0.15) is 0 Å². The predicted octanol–water partition coefficient (Wildman–Crippen LogP) is 0.905. The molecule has 3 aliphatic heterocycles. The maximum atomic E-state index is 5.89. The fraction of sp³-hybridized carbons (Fsp3) is 0.818. The second-order valence-corrected chi connectivity index (χ2v) is 5.18. The van der Waals surface area contributed by atoms with Crippen molar-refractivity contribution >= 4 is 0 Å². The maximum absolute atomic E-state index is 5.89. The average Bonchev–Trinajstić information content (AvgIpc) is 2.82. The third-order valence-corrected chi connectivity index (χ3v) is 4.78. The normalized spacial score (nSPS) is 70.9. The van der Waals surface area contributed by atoms with Crippen molar-refractivity contribution in [1.82, 2.24) is 0 Å². The van der Waals surface area contributed by atoms with Gasteiger partial charge in [0.05, 0.1) is 12.2 Å². The van der Waals surface area contributed by atoms with Gasteiger partial charge in [-0.25, -0.2) is 0 Å². The minimum Gasteiger partial charge on any atom is -0.345 e. The Morgan fingerprint density at radius 1 is 0.786 bits per heavy atom. The maximum Gasteiger partial charge on any atom is 0.164 e. The Balaban J connectivity index is 1.79. The summed E-state index contributed by atoms with van der Waals surface area (Å²) in [6.07, 6.45) is 6.34. The van der Waals surface area contributed by atoms with E-state index in [1.165, 1.54) is 6.42 Å². The first kappa shape index (κ1) is 6.99. The molecule has 14 heavy (non-hydrogen) atoms. The molecule has 5 rings (SSSR count). The van der Waals surface area contributed by atoms with Crippen LogP contribution in [0, 0.1) is 23.7 Å². The van der Waals surface area contributed by atoms with Gasteiger partial charge in [0.15, 0.2) is 12.6 Å². The molecule has 2 bridgehead atoms. The average molecular weight is 192 g/mol. The van der Waals surface area contributed by atoms with Crippen molar-refractivity contribution in [3.8, 4) is 0 Å². The lowest BCUT2D eigenvalue weighted by atomic mass is 9.78. The highest BCUT2D eigenvalue weighted by Crippen LogP contribution is 2.62. The summed E-state index contributed by atoms with van der Waals surface area (Å²) in [5.74, 6) is 2.69. The van der Waals surface area contributed by atoms with E-state index in [4.69, 9.17) is 14.2 Å². The molecule has 0 aromatic heterocycles. The molecule has 5 aliphatic rings. The van der Waals surface area contributed by atoms with Gasteiger partial charge in [0.25, 0.3) is 0 Å². The van der Waals surface area contributed by atoms with Crippen molar-refractivity contribution in [2.75, 3.05) is 0 Å². The van der Waals surface area contributed by atoms with E-state index in [-0.39, 0.29) is 12.6 Å². The lowest BCUT2D eigenvalue weighted by Crippen LogP contribution is -2.35. The summed E-state index contributed by atoms with van der Waals surface area (Å²) in [6, 6.07) is 0. The minimum absolute atomic E-state index is 0.0277. The van der Waals surface area contributed by atoms with Gasteiger partial charge in [-0.15, -0.1) is 0 Å². The van der Waals surface area contributed by atoms with E-state index in [0.29, 0.717) is 35.9 Å². The molecule has 0 radical (unpaired) electrons. The van der Waals surface area contributed by atoms with Crippen molar-refractivity contribution < 1.29 is 14.2 Å². The largest absolute Gasteiger partial charge is 0.345 e. The minimum atomic E-state index is 0.0277. The summed E-state index contributed by atoms with van der Waals surface area (Å²) in [6.45, 7) is 0. The summed E-state index contributed by atoms with van der Waals surface area (Å²) in [7, 11) is 0. The van der Waals surface area contributed by atoms with Crippen LogP contribution in [-0.4, -0.2) is 24.8 Å². The summed E-state index contributed by atoms with van der Waals surface area (Å²) in [4.78, 5) is 0. The zero-order valence-electron chi connectivity index (χ0n) is 7.71. The molecule has 0 spiro atoms. The van der Waals surface area contributed by atoms with E-state index in [2.05, 4.69) is 12.2 Å². The fourth-order valence-corrected chi connectivity index (χ4v) is 4.37. The monoisotopic (exact) mass is 192 g/mol. The van der Waals surface area contributed by atoms with Gasteiger partial charge in [-0.2, -0.15) is 0 Å². The number of hydrogen-bond acceptors (Lipinski definition) is 3. The highest BCUT2D eigenvalue weighted by Gasteiger charge is 2.67. The van der Waals surface area contributed by atoms with Crippen LogP contribution in [0.5, 0.6) is 0 Å². The first-order valence-corrected chi connectivity index (χ1v) is 5.56. The Hall–Kier alpha value is -0.380. The third kappa shape index (κ3) is 0.554. The van der Waals surface area contributed by atoms with Crippen LogP contribution in [-0.2, 0) is 14.2 Å². The number of hydrogen-bond donors (Lipinski definition) is 0. The van der Waals surface area contributed by atoms with E-state index in [9.17, 15) is 0 Å². The van der Waals surface area contributed by atoms with Gasteiger partial charge >= 0.3 is 0 Å². The van der Waals surface area contributed by atoms with Crippen molar-refractivity contribution in [2.45, 2.75) is 31.2 Å². The van der Waals surface area contributed by atoms with Gasteiger partial charge < -0.3 is 14.2 Å². The second kappa shape index (κ2) is 1.94. The molecular weight excluding hydrogens is 180 g/mol. The van der Waals surface area contributed by atoms with E-state index >= 15 is 0 Å². The fourth-order valence-electron chi connectivity index (χ4n) is 4.37. The highest BCUT2D eigenvalue weighted by atomic mass is 16.8. The van der Waals surface area contributed by atoms with E-state index in [0.717, 1.165) is 0 Å². The van der Waals surface area contributed by atoms with Crippen LogP contribution >= 0.6 is 0 Å². The van der Waals surface area contributed by atoms with E-state index in [1.54, 1.807) is 0 Å². The highest BCUT2D eigenvalue weighted by molar-refractivity contribution is 5.20. The zero-order chi connectivity index (χ0) is 8.86. The van der Waals surface area contributed by atoms with Crippen LogP contribution < -0.4 is 0 Å². The molecule has 0 aromatic rings. The number of ether oxygens (including phenoxy) is 3. The lowest BCUT2D eigenvalue weighted by molar-refractivity contribution is -0.266. The Morgan fingerprint density at radius 3 is 1.93 bits per heavy atom. The quantitative estimate of drug-likeness (QED) is 0.534. The Labute approximate surface area is 82.0 Å². The molecule has 8 atom stereocenters. The second-order valence-electron chi connectivity index (χ2n) is 5.18. The molecule has 3 heteroatoms. The molecule has 0 N–H and O–H groups in total. The Kier molecular flexibility index (Phi) is 0.969. The molecule has 3 saturated heterocycles. The lowest BCUT2D eigenvalue weighted by Gasteiger charge is -2.30. The number of rotatable bonds is 0. The van der Waals surface area contributed by atoms with E-state index < -0.39 is 0 Å². The Morgan fingerprint density at radius 2 is 1.36 bits per heavy atom. The molecule has 0 aromatic carbocycles. The van der Waals surface area contributed by atoms with Crippen molar-refractivity contribution in [2.24, 2.45) is 23.7 Å². The van der Waals surface area contributed by atoms with Crippen LogP contribution in [0.4, 0.5) is 0 Å². The summed E-state index contributed by atoms with van der Waals surface area (Å²) in [5.41, 5.74) is 0. The zero-order valence-corrected chi connectivity index (χ0v) is 7.71. The van der Waals surface area contributed by atoms with Gasteiger partial charge in [-0.3, -0.25) is 0 Å². The molecule has 3 nitrogen and oxygen atoms in total. The first-order valence-electron chi connectivity index (χ1n) is 5.56. The summed E-state index contributed by atoms with van der Waals surface area (Å²) < 4.78 is 17.6. The van der Waals surface area contributed by atoms with Crippen molar-refractivity contribution in [1.29, 1.82) is 0 Å². The molecule has 0 unspecified atom stereocenters. The SMILES string of the molecule is C1=C[C@H]2O[C@H]3O[C@H]4O[C@@H]1[C@@H]1[C@H]4C[C@H]3[C@H]12. The summed E-state index contributed by atoms with van der Waals surface area (Å²) >= 11 is 0. The molecular formula is C11H12O3. The predicted molar refractivity (Wildman–Crippen MR) is 46.1 cm³/mol. The van der Waals surface area contributed by atoms with Gasteiger partial charge in [0, 0.05) is 23.7 Å². The van der Waals surface area contributed by atoms with Crippen molar-refractivity contribution in [3.63, 3.8) is 0 Å². The molecule has 2 aliphatic carbocycles. The van der Waals surface area contributed by atoms with Crippen LogP contribution in [0.3, 0.4) is 0 Å². The smallest absolute Gasteiger partial charge is 0.164 e. The van der Waals surface area contributed by atoms with E-state index in [1.807, 2.05) is 0 Å². The topological polar surface area (TPSA) is 27.7 Å². The molecule has 3 heterocycles. The van der Waals surface area contributed by atoms with Gasteiger partial charge in [0.2, 0.25) is 0 Å². The molecule has 0 amide bonds. The molecule has 74 valence electrons. The van der Waals surface area contributed by atoms with Crippen LogP contribution in [0.1, 0.15) is 6.42 Å². The van der Waals surface area contributed by atoms with Crippen LogP contribution in [0.25, 0.3) is 0 Å². The first-order chi connectivity index (χ1) is 6.92. The standard InChI is InChI=1S/C11H12O3/c1-2-7-9-5-3-4-8(9)6(1)12-10(4)14-11(5)13-7/h1-2,4-11H,3H2/t4-,5+,6+,7-,8-,9-,10-,11+/m0/s1. The molecule has 1 saturated carbocycles.